The van der Waals surface area contributed by atoms with E-state index < -0.39 is 5.92 Å². The van der Waals surface area contributed by atoms with Crippen molar-refractivity contribution in [1.29, 1.82) is 0 Å². The molecular weight excluding hydrogens is 220 g/mol. The van der Waals surface area contributed by atoms with E-state index in [0.29, 0.717) is 18.9 Å². The number of rotatable bonds is 2. The Hall–Kier alpha value is -0.180. The summed E-state index contributed by atoms with van der Waals surface area (Å²) in [5, 5.41) is 0. The SMILES string of the molecule is CC(C)C1CCN(C2CCC(F)(F)CC2)CC1. The molecule has 0 aromatic rings. The van der Waals surface area contributed by atoms with E-state index in [2.05, 4.69) is 18.7 Å². The standard InChI is InChI=1S/C14H25F2N/c1-11(2)12-5-9-17(10-6-12)13-3-7-14(15,16)8-4-13/h11-13H,3-10H2,1-2H3. The minimum absolute atomic E-state index is 0.0990. The highest BCUT2D eigenvalue weighted by molar-refractivity contribution is 4.86. The lowest BCUT2D eigenvalue weighted by Crippen LogP contribution is -2.45. The van der Waals surface area contributed by atoms with Gasteiger partial charge in [-0.2, -0.15) is 0 Å². The normalized spacial score (nSPS) is 28.8. The third-order valence-electron chi connectivity index (χ3n) is 4.72. The Morgan fingerprint density at radius 1 is 1.00 bits per heavy atom. The molecule has 3 heteroatoms. The highest BCUT2D eigenvalue weighted by Gasteiger charge is 2.37. The summed E-state index contributed by atoms with van der Waals surface area (Å²) in [4.78, 5) is 2.47. The van der Waals surface area contributed by atoms with E-state index >= 15 is 0 Å². The lowest BCUT2D eigenvalue weighted by molar-refractivity contribution is -0.0573. The van der Waals surface area contributed by atoms with Crippen LogP contribution < -0.4 is 0 Å². The van der Waals surface area contributed by atoms with Gasteiger partial charge in [-0.25, -0.2) is 8.78 Å². The van der Waals surface area contributed by atoms with Gasteiger partial charge in [-0.05, 0) is 50.6 Å². The smallest absolute Gasteiger partial charge is 0.248 e. The highest BCUT2D eigenvalue weighted by atomic mass is 19.3. The topological polar surface area (TPSA) is 3.24 Å². The van der Waals surface area contributed by atoms with Gasteiger partial charge in [0.15, 0.2) is 0 Å². The van der Waals surface area contributed by atoms with E-state index in [1.54, 1.807) is 0 Å². The summed E-state index contributed by atoms with van der Waals surface area (Å²) < 4.78 is 26.2. The molecule has 0 radical (unpaired) electrons. The van der Waals surface area contributed by atoms with Crippen molar-refractivity contribution in [3.05, 3.63) is 0 Å². The van der Waals surface area contributed by atoms with E-state index in [-0.39, 0.29) is 12.8 Å². The maximum Gasteiger partial charge on any atom is 0.248 e. The van der Waals surface area contributed by atoms with Crippen LogP contribution in [-0.4, -0.2) is 30.0 Å². The summed E-state index contributed by atoms with van der Waals surface area (Å²) in [7, 11) is 0. The van der Waals surface area contributed by atoms with E-state index in [0.717, 1.165) is 24.9 Å². The van der Waals surface area contributed by atoms with Crippen molar-refractivity contribution < 1.29 is 8.78 Å². The first-order chi connectivity index (χ1) is 7.98. The van der Waals surface area contributed by atoms with Gasteiger partial charge in [0, 0.05) is 18.9 Å². The van der Waals surface area contributed by atoms with Crippen LogP contribution in [0.2, 0.25) is 0 Å². The van der Waals surface area contributed by atoms with Gasteiger partial charge in [0.1, 0.15) is 0 Å². The van der Waals surface area contributed by atoms with Crippen molar-refractivity contribution in [2.45, 2.75) is 64.3 Å². The third kappa shape index (κ3) is 3.40. The fourth-order valence-corrected chi connectivity index (χ4v) is 3.34. The van der Waals surface area contributed by atoms with Crippen LogP contribution in [0, 0.1) is 11.8 Å². The molecule has 0 atom stereocenters. The van der Waals surface area contributed by atoms with Crippen molar-refractivity contribution in [3.63, 3.8) is 0 Å². The largest absolute Gasteiger partial charge is 0.300 e. The Balaban J connectivity index is 1.78. The van der Waals surface area contributed by atoms with Gasteiger partial charge < -0.3 is 4.90 Å². The molecule has 1 saturated heterocycles. The van der Waals surface area contributed by atoms with Gasteiger partial charge in [0.25, 0.3) is 0 Å². The second-order valence-corrected chi connectivity index (χ2v) is 6.20. The van der Waals surface area contributed by atoms with Crippen LogP contribution in [0.1, 0.15) is 52.4 Å². The minimum atomic E-state index is -2.38. The summed E-state index contributed by atoms with van der Waals surface area (Å²) in [6.45, 7) is 6.83. The predicted octanol–water partition coefficient (Wildman–Crippen LogP) is 3.93. The number of hydrogen-bond donors (Lipinski definition) is 0. The van der Waals surface area contributed by atoms with Crippen LogP contribution in [0.3, 0.4) is 0 Å². The molecular formula is C14H25F2N. The zero-order valence-corrected chi connectivity index (χ0v) is 11.1. The molecule has 1 aliphatic heterocycles. The monoisotopic (exact) mass is 245 g/mol. The number of alkyl halides is 2. The van der Waals surface area contributed by atoms with Crippen LogP contribution in [0.4, 0.5) is 8.78 Å². The second-order valence-electron chi connectivity index (χ2n) is 6.20. The van der Waals surface area contributed by atoms with Crippen molar-refractivity contribution in [1.82, 2.24) is 4.90 Å². The molecule has 2 fully saturated rings. The second kappa shape index (κ2) is 5.21. The maximum absolute atomic E-state index is 13.1. The number of piperidine rings is 1. The van der Waals surface area contributed by atoms with E-state index in [1.165, 1.54) is 12.8 Å². The summed E-state index contributed by atoms with van der Waals surface area (Å²) in [5.41, 5.74) is 0. The molecule has 1 saturated carbocycles. The van der Waals surface area contributed by atoms with Crippen molar-refractivity contribution in [3.8, 4) is 0 Å². The molecule has 17 heavy (non-hydrogen) atoms. The van der Waals surface area contributed by atoms with Gasteiger partial charge in [-0.3, -0.25) is 0 Å². The zero-order valence-electron chi connectivity index (χ0n) is 11.1. The highest BCUT2D eigenvalue weighted by Crippen LogP contribution is 2.36. The van der Waals surface area contributed by atoms with Gasteiger partial charge in [-0.1, -0.05) is 13.8 Å². The first-order valence-electron chi connectivity index (χ1n) is 7.10. The molecule has 0 aromatic heterocycles. The lowest BCUT2D eigenvalue weighted by atomic mass is 9.84. The van der Waals surface area contributed by atoms with Crippen LogP contribution in [0.25, 0.3) is 0 Å². The van der Waals surface area contributed by atoms with Gasteiger partial charge in [0.05, 0.1) is 0 Å². The van der Waals surface area contributed by atoms with Crippen LogP contribution in [0.15, 0.2) is 0 Å². The third-order valence-corrected chi connectivity index (χ3v) is 4.72. The molecule has 1 aliphatic carbocycles. The summed E-state index contributed by atoms with van der Waals surface area (Å²) in [6, 6.07) is 0.433. The fourth-order valence-electron chi connectivity index (χ4n) is 3.34. The maximum atomic E-state index is 13.1. The Bertz CT molecular complexity index is 235. The molecule has 2 aliphatic rings. The first kappa shape index (κ1) is 13.3. The van der Waals surface area contributed by atoms with Crippen molar-refractivity contribution in [2.75, 3.05) is 13.1 Å². The lowest BCUT2D eigenvalue weighted by Gasteiger charge is -2.41. The van der Waals surface area contributed by atoms with E-state index in [9.17, 15) is 8.78 Å². The van der Waals surface area contributed by atoms with E-state index in [4.69, 9.17) is 0 Å². The van der Waals surface area contributed by atoms with Crippen LogP contribution in [0.5, 0.6) is 0 Å². The quantitative estimate of drug-likeness (QED) is 0.712. The average molecular weight is 245 g/mol. The molecule has 2 rings (SSSR count). The molecule has 0 bridgehead atoms. The number of likely N-dealkylation sites (tertiary alicyclic amines) is 1. The van der Waals surface area contributed by atoms with Crippen molar-refractivity contribution in [2.24, 2.45) is 11.8 Å². The Labute approximate surface area is 104 Å². The van der Waals surface area contributed by atoms with Gasteiger partial charge in [0.2, 0.25) is 5.92 Å². The minimum Gasteiger partial charge on any atom is -0.300 e. The van der Waals surface area contributed by atoms with Crippen LogP contribution in [-0.2, 0) is 0 Å². The summed E-state index contributed by atoms with van der Waals surface area (Å²) >= 11 is 0. The number of nitrogens with zero attached hydrogens (tertiary/aromatic N) is 1. The Morgan fingerprint density at radius 3 is 2.00 bits per heavy atom. The molecule has 1 heterocycles. The zero-order chi connectivity index (χ0) is 12.5. The number of hydrogen-bond acceptors (Lipinski definition) is 1. The van der Waals surface area contributed by atoms with Crippen molar-refractivity contribution >= 4 is 0 Å². The average Bonchev–Trinajstić information content (AvgIpc) is 2.29. The molecule has 1 nitrogen and oxygen atoms in total. The molecule has 0 spiro atoms. The van der Waals surface area contributed by atoms with Gasteiger partial charge >= 0.3 is 0 Å². The Kier molecular flexibility index (Phi) is 4.06. The fraction of sp³-hybridized carbons (Fsp3) is 1.00. The van der Waals surface area contributed by atoms with Gasteiger partial charge in [-0.15, -0.1) is 0 Å². The van der Waals surface area contributed by atoms with E-state index in [1.807, 2.05) is 0 Å². The summed E-state index contributed by atoms with van der Waals surface area (Å²) in [6.07, 6.45) is 4.09. The number of halogens is 2. The molecule has 0 aromatic carbocycles. The molecule has 0 unspecified atom stereocenters. The van der Waals surface area contributed by atoms with Crippen LogP contribution >= 0.6 is 0 Å². The first-order valence-corrected chi connectivity index (χ1v) is 7.10. The Morgan fingerprint density at radius 2 is 1.53 bits per heavy atom. The predicted molar refractivity (Wildman–Crippen MR) is 66.3 cm³/mol. The molecule has 0 amide bonds. The summed E-state index contributed by atoms with van der Waals surface area (Å²) in [5.74, 6) is -0.767. The molecule has 0 N–H and O–H groups in total. The molecule has 100 valence electrons.